The smallest absolute Gasteiger partial charge is 0.250 e. The molecule has 0 fully saturated rings. The van der Waals surface area contributed by atoms with Gasteiger partial charge in [-0.3, -0.25) is 4.79 Å². The predicted molar refractivity (Wildman–Crippen MR) is 64.0 cm³/mol. The molecule has 1 rings (SSSR count). The van der Waals surface area contributed by atoms with Gasteiger partial charge in [-0.2, -0.15) is 15.8 Å². The Labute approximate surface area is 104 Å². The fraction of sp³-hybridized carbons (Fsp3) is 0.0769. The van der Waals surface area contributed by atoms with Crippen molar-refractivity contribution in [2.24, 2.45) is 0 Å². The average molecular weight is 236 g/mol. The lowest BCUT2D eigenvalue weighted by atomic mass is 10.0. The van der Waals surface area contributed by atoms with E-state index in [4.69, 9.17) is 15.8 Å². The largest absolute Gasteiger partial charge is 0.322 e. The van der Waals surface area contributed by atoms with Gasteiger partial charge in [0.25, 0.3) is 5.91 Å². The predicted octanol–water partition coefficient (Wildman–Crippen LogP) is 1.82. The molecule has 0 aliphatic heterocycles. The Hall–Kier alpha value is -3.10. The third-order valence-corrected chi connectivity index (χ3v) is 2.14. The summed E-state index contributed by atoms with van der Waals surface area (Å²) in [5.41, 5.74) is 0.696. The van der Waals surface area contributed by atoms with E-state index in [1.165, 1.54) is 19.1 Å². The topological polar surface area (TPSA) is 100 Å². The molecule has 0 aromatic heterocycles. The quantitative estimate of drug-likeness (QED) is 0.791. The highest BCUT2D eigenvalue weighted by molar-refractivity contribution is 6.03. The summed E-state index contributed by atoms with van der Waals surface area (Å²) in [4.78, 5) is 11.4. The van der Waals surface area contributed by atoms with Crippen LogP contribution >= 0.6 is 0 Å². The summed E-state index contributed by atoms with van der Waals surface area (Å²) in [6.45, 7) is 5.01. The summed E-state index contributed by atoms with van der Waals surface area (Å²) in [7, 11) is 0. The van der Waals surface area contributed by atoms with E-state index in [2.05, 4.69) is 11.9 Å². The average Bonchev–Trinajstić information content (AvgIpc) is 2.37. The molecule has 1 aromatic carbocycles. The SMILES string of the molecule is C=C(C)C(=O)Nc1cc(C#N)c(C#N)c(C#N)c1. The Morgan fingerprint density at radius 1 is 1.17 bits per heavy atom. The van der Waals surface area contributed by atoms with Crippen LogP contribution in [0, 0.1) is 34.0 Å². The van der Waals surface area contributed by atoms with Gasteiger partial charge in [0.2, 0.25) is 0 Å². The first kappa shape index (κ1) is 13.0. The van der Waals surface area contributed by atoms with Crippen LogP contribution in [0.4, 0.5) is 5.69 Å². The van der Waals surface area contributed by atoms with Gasteiger partial charge in [0.05, 0.1) is 16.7 Å². The van der Waals surface area contributed by atoms with Crippen molar-refractivity contribution in [2.45, 2.75) is 6.92 Å². The number of nitrogens with one attached hydrogen (secondary N) is 1. The molecule has 0 bridgehead atoms. The Bertz CT molecular complexity index is 618. The number of hydrogen-bond donors (Lipinski definition) is 1. The molecule has 0 aliphatic rings. The van der Waals surface area contributed by atoms with Gasteiger partial charge in [0, 0.05) is 11.3 Å². The van der Waals surface area contributed by atoms with Gasteiger partial charge in [0.1, 0.15) is 18.2 Å². The molecule has 5 nitrogen and oxygen atoms in total. The first-order valence-electron chi connectivity index (χ1n) is 4.88. The minimum Gasteiger partial charge on any atom is -0.322 e. The van der Waals surface area contributed by atoms with Gasteiger partial charge in [0.15, 0.2) is 0 Å². The van der Waals surface area contributed by atoms with E-state index < -0.39 is 5.91 Å². The molecule has 0 saturated carbocycles. The van der Waals surface area contributed by atoms with E-state index in [1.54, 1.807) is 6.07 Å². The van der Waals surface area contributed by atoms with Crippen LogP contribution in [0.15, 0.2) is 24.3 Å². The molecule has 18 heavy (non-hydrogen) atoms. The zero-order valence-electron chi connectivity index (χ0n) is 9.61. The number of nitrogens with zero attached hydrogens (tertiary/aromatic N) is 3. The molecule has 0 aliphatic carbocycles. The van der Waals surface area contributed by atoms with Crippen LogP contribution in [-0.4, -0.2) is 5.91 Å². The highest BCUT2D eigenvalue weighted by Gasteiger charge is 2.12. The Kier molecular flexibility index (Phi) is 3.81. The summed E-state index contributed by atoms with van der Waals surface area (Å²) in [5.74, 6) is -0.410. The van der Waals surface area contributed by atoms with Crippen LogP contribution in [0.2, 0.25) is 0 Å². The number of carbonyl (C=O) groups is 1. The highest BCUT2D eigenvalue weighted by atomic mass is 16.1. The lowest BCUT2D eigenvalue weighted by Gasteiger charge is -2.06. The summed E-state index contributed by atoms with van der Waals surface area (Å²) < 4.78 is 0. The monoisotopic (exact) mass is 236 g/mol. The first-order chi connectivity index (χ1) is 8.53. The minimum absolute atomic E-state index is 0.00771. The number of nitriles is 3. The van der Waals surface area contributed by atoms with Gasteiger partial charge in [-0.15, -0.1) is 0 Å². The molecule has 86 valence electrons. The Morgan fingerprint density at radius 2 is 1.67 bits per heavy atom. The lowest BCUT2D eigenvalue weighted by Crippen LogP contribution is -2.12. The maximum Gasteiger partial charge on any atom is 0.250 e. The Morgan fingerprint density at radius 3 is 2.00 bits per heavy atom. The van der Waals surface area contributed by atoms with Crippen molar-refractivity contribution in [3.63, 3.8) is 0 Å². The van der Waals surface area contributed by atoms with Crippen molar-refractivity contribution in [2.75, 3.05) is 5.32 Å². The van der Waals surface area contributed by atoms with E-state index in [1.807, 2.05) is 12.1 Å². The van der Waals surface area contributed by atoms with E-state index >= 15 is 0 Å². The molecule has 0 radical (unpaired) electrons. The van der Waals surface area contributed by atoms with E-state index in [-0.39, 0.29) is 22.4 Å². The third-order valence-electron chi connectivity index (χ3n) is 2.14. The van der Waals surface area contributed by atoms with E-state index in [0.717, 1.165) is 0 Å². The van der Waals surface area contributed by atoms with Crippen LogP contribution in [-0.2, 0) is 4.79 Å². The minimum atomic E-state index is -0.410. The molecular formula is C13H8N4O. The fourth-order valence-electron chi connectivity index (χ4n) is 1.25. The zero-order chi connectivity index (χ0) is 13.7. The van der Waals surface area contributed by atoms with E-state index in [9.17, 15) is 4.79 Å². The molecular weight excluding hydrogens is 228 g/mol. The summed E-state index contributed by atoms with van der Waals surface area (Å²) >= 11 is 0. The second kappa shape index (κ2) is 5.30. The molecule has 1 aromatic rings. The molecule has 1 amide bonds. The second-order valence-electron chi connectivity index (χ2n) is 3.52. The number of amides is 1. The van der Waals surface area contributed by atoms with Crippen molar-refractivity contribution in [1.82, 2.24) is 0 Å². The molecule has 5 heteroatoms. The molecule has 1 N–H and O–H groups in total. The van der Waals surface area contributed by atoms with Gasteiger partial charge < -0.3 is 5.32 Å². The summed E-state index contributed by atoms with van der Waals surface area (Å²) in [6.07, 6.45) is 0. The van der Waals surface area contributed by atoms with Crippen LogP contribution in [0.1, 0.15) is 23.6 Å². The zero-order valence-corrected chi connectivity index (χ0v) is 9.61. The van der Waals surface area contributed by atoms with Crippen molar-refractivity contribution in [3.05, 3.63) is 41.0 Å². The van der Waals surface area contributed by atoms with Crippen molar-refractivity contribution >= 4 is 11.6 Å². The third kappa shape index (κ3) is 2.52. The van der Waals surface area contributed by atoms with Crippen LogP contribution in [0.25, 0.3) is 0 Å². The standard InChI is InChI=1S/C13H8N4O/c1-8(2)13(18)17-11-3-9(5-14)12(7-16)10(4-11)6-15/h3-4H,1H2,2H3,(H,17,18). The molecule has 0 saturated heterocycles. The highest BCUT2D eigenvalue weighted by Crippen LogP contribution is 2.20. The lowest BCUT2D eigenvalue weighted by molar-refractivity contribution is -0.112. The molecule has 0 atom stereocenters. The van der Waals surface area contributed by atoms with Gasteiger partial charge in [-0.05, 0) is 19.1 Å². The number of carbonyl (C=O) groups excluding carboxylic acids is 1. The summed E-state index contributed by atoms with van der Waals surface area (Å²) in [6, 6.07) is 8.12. The van der Waals surface area contributed by atoms with Crippen molar-refractivity contribution in [1.29, 1.82) is 15.8 Å². The normalized spacial score (nSPS) is 8.56. The van der Waals surface area contributed by atoms with Gasteiger partial charge in [-0.1, -0.05) is 6.58 Å². The fourth-order valence-corrected chi connectivity index (χ4v) is 1.25. The molecule has 0 spiro atoms. The van der Waals surface area contributed by atoms with E-state index in [0.29, 0.717) is 5.57 Å². The van der Waals surface area contributed by atoms with Crippen LogP contribution < -0.4 is 5.32 Å². The van der Waals surface area contributed by atoms with Crippen LogP contribution in [0.3, 0.4) is 0 Å². The van der Waals surface area contributed by atoms with Crippen LogP contribution in [0.5, 0.6) is 0 Å². The van der Waals surface area contributed by atoms with Gasteiger partial charge >= 0.3 is 0 Å². The number of anilines is 1. The Balaban J connectivity index is 3.32. The summed E-state index contributed by atoms with van der Waals surface area (Å²) in [5, 5.41) is 29.2. The number of rotatable bonds is 2. The van der Waals surface area contributed by atoms with Crippen molar-refractivity contribution < 1.29 is 4.79 Å². The molecule has 0 unspecified atom stereocenters. The number of benzene rings is 1. The molecule has 0 heterocycles. The maximum absolute atomic E-state index is 11.4. The van der Waals surface area contributed by atoms with Gasteiger partial charge in [-0.25, -0.2) is 0 Å². The second-order valence-corrected chi connectivity index (χ2v) is 3.52. The maximum atomic E-state index is 11.4. The number of hydrogen-bond acceptors (Lipinski definition) is 4. The first-order valence-corrected chi connectivity index (χ1v) is 4.88. The van der Waals surface area contributed by atoms with Crippen molar-refractivity contribution in [3.8, 4) is 18.2 Å².